The molecule has 0 saturated heterocycles. The Morgan fingerprint density at radius 2 is 1.86 bits per heavy atom. The van der Waals surface area contributed by atoms with Gasteiger partial charge in [-0.1, -0.05) is 44.1 Å². The molecule has 3 heterocycles. The number of hydrogen-bond acceptors (Lipinski definition) is 8. The van der Waals surface area contributed by atoms with Crippen LogP contribution in [0.3, 0.4) is 0 Å². The fraction of sp³-hybridized carbons (Fsp3) is 0.286. The van der Waals surface area contributed by atoms with E-state index in [9.17, 15) is 4.79 Å². The number of carbonyl (C=O) groups is 1. The summed E-state index contributed by atoms with van der Waals surface area (Å²) in [6.07, 6.45) is 2.13. The van der Waals surface area contributed by atoms with Crippen molar-refractivity contribution < 1.29 is 18.8 Å². The Morgan fingerprint density at radius 3 is 2.56 bits per heavy atom. The highest BCUT2D eigenvalue weighted by molar-refractivity contribution is 5.88. The summed E-state index contributed by atoms with van der Waals surface area (Å²) in [6, 6.07) is 17.6. The van der Waals surface area contributed by atoms with Gasteiger partial charge in [0.2, 0.25) is 0 Å². The molecule has 1 unspecified atom stereocenters. The average molecular weight is 487 g/mol. The second-order valence-electron chi connectivity index (χ2n) is 9.73. The summed E-state index contributed by atoms with van der Waals surface area (Å²) in [5, 5.41) is 3.85. The highest BCUT2D eigenvalue weighted by Gasteiger charge is 2.41. The van der Waals surface area contributed by atoms with Crippen molar-refractivity contribution in [3.63, 3.8) is 0 Å². The number of ether oxygens (including phenoxy) is 2. The maximum atomic E-state index is 11.9. The number of nitrogens with one attached hydrogen (secondary N) is 2. The van der Waals surface area contributed by atoms with Gasteiger partial charge in [0.05, 0.1) is 25.5 Å². The molecule has 1 atom stereocenters. The molecule has 8 nitrogen and oxygen atoms in total. The van der Waals surface area contributed by atoms with Crippen LogP contribution in [0.2, 0.25) is 0 Å². The molecule has 3 aromatic rings. The third kappa shape index (κ3) is 4.08. The van der Waals surface area contributed by atoms with Crippen molar-refractivity contribution in [1.29, 1.82) is 0 Å². The molecule has 0 fully saturated rings. The number of esters is 1. The summed E-state index contributed by atoms with van der Waals surface area (Å²) in [7, 11) is 1.70. The van der Waals surface area contributed by atoms with Crippen LogP contribution >= 0.6 is 0 Å². The van der Waals surface area contributed by atoms with Gasteiger partial charge in [-0.25, -0.2) is 4.79 Å². The van der Waals surface area contributed by atoms with Gasteiger partial charge in [0.1, 0.15) is 5.75 Å². The first-order valence-electron chi connectivity index (χ1n) is 12.0. The predicted octanol–water partition coefficient (Wildman–Crippen LogP) is 5.34. The van der Waals surface area contributed by atoms with E-state index in [0.29, 0.717) is 5.76 Å². The summed E-state index contributed by atoms with van der Waals surface area (Å²) >= 11 is 0. The van der Waals surface area contributed by atoms with Crippen LogP contribution in [0, 0.1) is 5.41 Å². The summed E-state index contributed by atoms with van der Waals surface area (Å²) in [5.41, 5.74) is 13.1. The van der Waals surface area contributed by atoms with Crippen LogP contribution in [-0.2, 0) is 4.74 Å². The number of hydrogen-bond donors (Lipinski definition) is 2. The Balaban J connectivity index is 1.53. The van der Waals surface area contributed by atoms with Gasteiger partial charge in [-0.3, -0.25) is 5.43 Å². The second kappa shape index (κ2) is 9.11. The number of fused-ring (bicyclic) bond motifs is 1. The largest absolute Gasteiger partial charge is 0.496 e. The standard InChI is InChI=1S/C28H30N4O4/c1-6-35-27(33)20-15-23(36-31-20)17-11-13-18(14-12-17)32-16-21-24(26(30-29-21)28(2,3)4)25(32)19-9-7-8-10-22(19)34-5/h7-16,25,29-30H,6H2,1-5H3. The third-order valence-electron chi connectivity index (χ3n) is 6.33. The van der Waals surface area contributed by atoms with Gasteiger partial charge in [0, 0.05) is 45.8 Å². The number of anilines is 1. The van der Waals surface area contributed by atoms with Gasteiger partial charge in [0.25, 0.3) is 0 Å². The predicted molar refractivity (Wildman–Crippen MR) is 137 cm³/mol. The van der Waals surface area contributed by atoms with E-state index in [1.54, 1.807) is 20.1 Å². The maximum Gasteiger partial charge on any atom is 0.360 e. The number of carbonyl (C=O) groups excluding carboxylic acids is 1. The normalized spacial score (nSPS) is 16.9. The molecular formula is C28H30N4O4. The first kappa shape index (κ1) is 23.5. The van der Waals surface area contributed by atoms with Crippen LogP contribution < -0.4 is 20.5 Å². The molecule has 36 heavy (non-hydrogen) atoms. The van der Waals surface area contributed by atoms with Gasteiger partial charge < -0.3 is 24.3 Å². The molecule has 0 saturated carbocycles. The molecule has 2 aliphatic rings. The summed E-state index contributed by atoms with van der Waals surface area (Å²) in [4.78, 5) is 14.2. The van der Waals surface area contributed by atoms with E-state index in [1.807, 2.05) is 42.5 Å². The molecule has 0 aliphatic carbocycles. The molecule has 1 aromatic heterocycles. The minimum absolute atomic E-state index is 0.0824. The van der Waals surface area contributed by atoms with Crippen LogP contribution in [0.5, 0.6) is 5.75 Å². The molecule has 5 rings (SSSR count). The quantitative estimate of drug-likeness (QED) is 0.452. The molecule has 8 heteroatoms. The smallest absolute Gasteiger partial charge is 0.360 e. The Hall–Kier alpha value is -4.20. The first-order chi connectivity index (χ1) is 17.3. The molecule has 2 aliphatic heterocycles. The van der Waals surface area contributed by atoms with E-state index in [1.165, 1.54) is 5.57 Å². The minimum atomic E-state index is -0.497. The average Bonchev–Trinajstić information content (AvgIpc) is 3.59. The number of benzene rings is 2. The summed E-state index contributed by atoms with van der Waals surface area (Å²) < 4.78 is 16.2. The van der Waals surface area contributed by atoms with E-state index >= 15 is 0 Å². The molecule has 0 radical (unpaired) electrons. The van der Waals surface area contributed by atoms with Crippen LogP contribution in [0.15, 0.2) is 82.3 Å². The van der Waals surface area contributed by atoms with E-state index in [-0.39, 0.29) is 23.8 Å². The van der Waals surface area contributed by atoms with Crippen molar-refractivity contribution in [1.82, 2.24) is 16.0 Å². The number of nitrogens with zero attached hydrogens (tertiary/aromatic N) is 2. The van der Waals surface area contributed by atoms with E-state index in [2.05, 4.69) is 53.9 Å². The van der Waals surface area contributed by atoms with Gasteiger partial charge in [-0.05, 0) is 37.3 Å². The third-order valence-corrected chi connectivity index (χ3v) is 6.33. The second-order valence-corrected chi connectivity index (χ2v) is 9.73. The van der Waals surface area contributed by atoms with Crippen LogP contribution in [-0.4, -0.2) is 24.8 Å². The lowest BCUT2D eigenvalue weighted by molar-refractivity contribution is 0.0514. The molecular weight excluding hydrogens is 456 g/mol. The Labute approximate surface area is 210 Å². The fourth-order valence-corrected chi connectivity index (χ4v) is 4.66. The number of para-hydroxylation sites is 1. The SMILES string of the molecule is CCOC(=O)c1cc(-c2ccc(N3C=C4NNC(C(C)(C)C)=C4C3c3ccccc3OC)cc2)on1. The summed E-state index contributed by atoms with van der Waals surface area (Å²) in [5.74, 6) is 0.841. The van der Waals surface area contributed by atoms with Gasteiger partial charge in [-0.15, -0.1) is 0 Å². The zero-order chi connectivity index (χ0) is 25.4. The Morgan fingerprint density at radius 1 is 1.11 bits per heavy atom. The lowest BCUT2D eigenvalue weighted by atomic mass is 9.85. The van der Waals surface area contributed by atoms with E-state index in [4.69, 9.17) is 14.0 Å². The minimum Gasteiger partial charge on any atom is -0.496 e. The monoisotopic (exact) mass is 486 g/mol. The van der Waals surface area contributed by atoms with Crippen molar-refractivity contribution in [3.05, 3.63) is 89.0 Å². The van der Waals surface area contributed by atoms with E-state index < -0.39 is 5.97 Å². The Kier molecular flexibility index (Phi) is 5.96. The number of methoxy groups -OCH3 is 1. The van der Waals surface area contributed by atoms with Crippen LogP contribution in [0.1, 0.15) is 49.8 Å². The fourth-order valence-electron chi connectivity index (χ4n) is 4.66. The van der Waals surface area contributed by atoms with Gasteiger partial charge in [0.15, 0.2) is 11.5 Å². The Bertz CT molecular complexity index is 1350. The molecule has 0 amide bonds. The number of aromatic nitrogens is 1. The maximum absolute atomic E-state index is 11.9. The van der Waals surface area contributed by atoms with Crippen molar-refractivity contribution in [2.45, 2.75) is 33.7 Å². The molecule has 2 aromatic carbocycles. The topological polar surface area (TPSA) is 88.9 Å². The lowest BCUT2D eigenvalue weighted by Crippen LogP contribution is -2.30. The zero-order valence-corrected chi connectivity index (χ0v) is 21.1. The first-order valence-corrected chi connectivity index (χ1v) is 12.0. The van der Waals surface area contributed by atoms with Crippen molar-refractivity contribution in [3.8, 4) is 17.1 Å². The highest BCUT2D eigenvalue weighted by atomic mass is 16.5. The molecule has 0 spiro atoms. The van der Waals surface area contributed by atoms with Crippen molar-refractivity contribution >= 4 is 11.7 Å². The molecule has 0 bridgehead atoms. The summed E-state index contributed by atoms with van der Waals surface area (Å²) in [6.45, 7) is 8.64. The molecule has 186 valence electrons. The molecule has 2 N–H and O–H groups in total. The van der Waals surface area contributed by atoms with Crippen LogP contribution in [0.25, 0.3) is 11.3 Å². The van der Waals surface area contributed by atoms with E-state index in [0.717, 1.165) is 34.0 Å². The van der Waals surface area contributed by atoms with Crippen LogP contribution in [0.4, 0.5) is 5.69 Å². The van der Waals surface area contributed by atoms with Gasteiger partial charge in [-0.2, -0.15) is 0 Å². The van der Waals surface area contributed by atoms with Crippen molar-refractivity contribution in [2.75, 3.05) is 18.6 Å². The number of allylic oxidation sites excluding steroid dienone is 1. The van der Waals surface area contributed by atoms with Gasteiger partial charge >= 0.3 is 5.97 Å². The number of hydrazine groups is 1. The van der Waals surface area contributed by atoms with Crippen molar-refractivity contribution in [2.24, 2.45) is 5.41 Å². The zero-order valence-electron chi connectivity index (χ0n) is 21.1. The number of rotatable bonds is 6. The lowest BCUT2D eigenvalue weighted by Gasteiger charge is -2.31. The highest BCUT2D eigenvalue weighted by Crippen LogP contribution is 2.49.